The highest BCUT2D eigenvalue weighted by Gasteiger charge is 2.07. The third-order valence-electron chi connectivity index (χ3n) is 2.18. The van der Waals surface area contributed by atoms with Crippen LogP contribution in [0.4, 0.5) is 4.39 Å². The first-order valence-corrected chi connectivity index (χ1v) is 5.50. The SMILES string of the molecule is COc1ccc(-c2ncc(Br)c(=O)[nH]2)cc1F. The number of H-pyrrole nitrogens is 1. The topological polar surface area (TPSA) is 55.0 Å². The van der Waals surface area contributed by atoms with Crippen molar-refractivity contribution < 1.29 is 9.13 Å². The van der Waals surface area contributed by atoms with Gasteiger partial charge in [0.15, 0.2) is 11.6 Å². The van der Waals surface area contributed by atoms with Gasteiger partial charge in [-0.1, -0.05) is 0 Å². The number of nitrogens with one attached hydrogen (secondary N) is 1. The largest absolute Gasteiger partial charge is 0.494 e. The smallest absolute Gasteiger partial charge is 0.265 e. The van der Waals surface area contributed by atoms with E-state index in [9.17, 15) is 9.18 Å². The van der Waals surface area contributed by atoms with Gasteiger partial charge in [0.25, 0.3) is 5.56 Å². The molecule has 0 bridgehead atoms. The predicted molar refractivity (Wildman–Crippen MR) is 64.5 cm³/mol. The van der Waals surface area contributed by atoms with E-state index in [1.54, 1.807) is 6.07 Å². The highest BCUT2D eigenvalue weighted by Crippen LogP contribution is 2.22. The molecule has 4 nitrogen and oxygen atoms in total. The third-order valence-corrected chi connectivity index (χ3v) is 2.75. The van der Waals surface area contributed by atoms with E-state index in [0.29, 0.717) is 15.9 Å². The van der Waals surface area contributed by atoms with Crippen LogP contribution in [0.25, 0.3) is 11.4 Å². The molecule has 0 aliphatic heterocycles. The molecule has 0 amide bonds. The van der Waals surface area contributed by atoms with Crippen molar-refractivity contribution in [1.29, 1.82) is 0 Å². The molecular weight excluding hydrogens is 291 g/mol. The average molecular weight is 299 g/mol. The van der Waals surface area contributed by atoms with Crippen molar-refractivity contribution in [2.45, 2.75) is 0 Å². The number of rotatable bonds is 2. The number of halogens is 2. The summed E-state index contributed by atoms with van der Waals surface area (Å²) in [6.45, 7) is 0. The molecule has 0 fully saturated rings. The van der Waals surface area contributed by atoms with Gasteiger partial charge in [-0.25, -0.2) is 9.37 Å². The predicted octanol–water partition coefficient (Wildman–Crippen LogP) is 2.35. The van der Waals surface area contributed by atoms with E-state index < -0.39 is 5.82 Å². The number of ether oxygens (including phenoxy) is 1. The fraction of sp³-hybridized carbons (Fsp3) is 0.0909. The van der Waals surface area contributed by atoms with E-state index in [-0.39, 0.29) is 11.3 Å². The first-order valence-electron chi connectivity index (χ1n) is 4.70. The molecule has 0 atom stereocenters. The number of hydrogen-bond acceptors (Lipinski definition) is 3. The summed E-state index contributed by atoms with van der Waals surface area (Å²) >= 11 is 3.04. The summed E-state index contributed by atoms with van der Waals surface area (Å²) in [6, 6.07) is 4.35. The van der Waals surface area contributed by atoms with Crippen LogP contribution in [0.3, 0.4) is 0 Å². The average Bonchev–Trinajstić information content (AvgIpc) is 2.32. The maximum Gasteiger partial charge on any atom is 0.265 e. The number of aromatic nitrogens is 2. The molecular formula is C11H8BrFN2O2. The molecule has 1 aromatic carbocycles. The van der Waals surface area contributed by atoms with Crippen LogP contribution in [-0.4, -0.2) is 17.1 Å². The van der Waals surface area contributed by atoms with Crippen LogP contribution in [0.2, 0.25) is 0 Å². The number of benzene rings is 1. The molecule has 17 heavy (non-hydrogen) atoms. The molecule has 0 aliphatic carbocycles. The van der Waals surface area contributed by atoms with Crippen molar-refractivity contribution in [2.75, 3.05) is 7.11 Å². The molecule has 0 aliphatic rings. The fourth-order valence-electron chi connectivity index (χ4n) is 1.34. The Morgan fingerprint density at radius 3 is 2.82 bits per heavy atom. The molecule has 1 heterocycles. The van der Waals surface area contributed by atoms with Crippen LogP contribution < -0.4 is 10.3 Å². The molecule has 0 saturated heterocycles. The Kier molecular flexibility index (Phi) is 3.23. The van der Waals surface area contributed by atoms with Gasteiger partial charge in [0.05, 0.1) is 7.11 Å². The van der Waals surface area contributed by atoms with Crippen molar-refractivity contribution in [3.8, 4) is 17.1 Å². The summed E-state index contributed by atoms with van der Waals surface area (Å²) in [6.07, 6.45) is 1.37. The van der Waals surface area contributed by atoms with Crippen molar-refractivity contribution in [2.24, 2.45) is 0 Å². The molecule has 0 spiro atoms. The molecule has 2 aromatic rings. The number of hydrogen-bond donors (Lipinski definition) is 1. The van der Waals surface area contributed by atoms with Crippen LogP contribution >= 0.6 is 15.9 Å². The van der Waals surface area contributed by atoms with Crippen molar-refractivity contribution in [3.63, 3.8) is 0 Å². The van der Waals surface area contributed by atoms with E-state index in [1.807, 2.05) is 0 Å². The lowest BCUT2D eigenvalue weighted by Gasteiger charge is -2.04. The Bertz CT molecular complexity index is 613. The Morgan fingerprint density at radius 1 is 1.47 bits per heavy atom. The molecule has 2 rings (SSSR count). The second kappa shape index (κ2) is 4.67. The summed E-state index contributed by atoms with van der Waals surface area (Å²) in [5.74, 6) is -0.0523. The second-order valence-corrected chi connectivity index (χ2v) is 4.11. The molecule has 1 N–H and O–H groups in total. The number of aromatic amines is 1. The summed E-state index contributed by atoms with van der Waals surface area (Å²) in [5.41, 5.74) is 0.166. The normalized spacial score (nSPS) is 10.3. The van der Waals surface area contributed by atoms with Crippen LogP contribution in [0.15, 0.2) is 33.7 Å². The lowest BCUT2D eigenvalue weighted by atomic mass is 10.2. The minimum atomic E-state index is -0.504. The standard InChI is InChI=1S/C11H8BrFN2O2/c1-17-9-3-2-6(4-8(9)13)10-14-5-7(12)11(16)15-10/h2-5H,1H3,(H,14,15,16). The molecule has 1 aromatic heterocycles. The van der Waals surface area contributed by atoms with Crippen LogP contribution in [0.1, 0.15) is 0 Å². The number of methoxy groups -OCH3 is 1. The monoisotopic (exact) mass is 298 g/mol. The van der Waals surface area contributed by atoms with Crippen LogP contribution in [-0.2, 0) is 0 Å². The molecule has 0 unspecified atom stereocenters. The van der Waals surface area contributed by atoms with Gasteiger partial charge < -0.3 is 9.72 Å². The highest BCUT2D eigenvalue weighted by atomic mass is 79.9. The first-order chi connectivity index (χ1) is 8.11. The summed E-state index contributed by atoms with van der Waals surface area (Å²) in [5, 5.41) is 0. The summed E-state index contributed by atoms with van der Waals surface area (Å²) in [4.78, 5) is 17.9. The lowest BCUT2D eigenvalue weighted by Crippen LogP contribution is -2.09. The maximum absolute atomic E-state index is 13.5. The Hall–Kier alpha value is -1.69. The van der Waals surface area contributed by atoms with Gasteiger partial charge in [0.1, 0.15) is 10.3 Å². The first kappa shape index (κ1) is 11.8. The van der Waals surface area contributed by atoms with Gasteiger partial charge >= 0.3 is 0 Å². The summed E-state index contributed by atoms with van der Waals surface area (Å²) < 4.78 is 18.6. The summed E-state index contributed by atoms with van der Waals surface area (Å²) in [7, 11) is 1.39. The zero-order valence-corrected chi connectivity index (χ0v) is 10.4. The van der Waals surface area contributed by atoms with E-state index in [0.717, 1.165) is 0 Å². The van der Waals surface area contributed by atoms with Crippen molar-refractivity contribution >= 4 is 15.9 Å². The van der Waals surface area contributed by atoms with E-state index in [4.69, 9.17) is 4.74 Å². The van der Waals surface area contributed by atoms with E-state index in [1.165, 1.54) is 25.4 Å². The van der Waals surface area contributed by atoms with Gasteiger partial charge in [-0.2, -0.15) is 0 Å². The Labute approximate surface area is 105 Å². The second-order valence-electron chi connectivity index (χ2n) is 3.26. The van der Waals surface area contributed by atoms with Gasteiger partial charge in [0.2, 0.25) is 0 Å². The van der Waals surface area contributed by atoms with E-state index >= 15 is 0 Å². The fourth-order valence-corrected chi connectivity index (χ4v) is 1.54. The van der Waals surface area contributed by atoms with E-state index in [2.05, 4.69) is 25.9 Å². The van der Waals surface area contributed by atoms with Gasteiger partial charge in [-0.15, -0.1) is 0 Å². The maximum atomic E-state index is 13.5. The number of nitrogens with zero attached hydrogens (tertiary/aromatic N) is 1. The minimum absolute atomic E-state index is 0.146. The quantitative estimate of drug-likeness (QED) is 0.926. The Morgan fingerprint density at radius 2 is 2.24 bits per heavy atom. The zero-order valence-electron chi connectivity index (χ0n) is 8.83. The van der Waals surface area contributed by atoms with Gasteiger partial charge in [-0.05, 0) is 34.1 Å². The molecule has 0 saturated carbocycles. The molecule has 0 radical (unpaired) electrons. The molecule has 88 valence electrons. The van der Waals surface area contributed by atoms with Gasteiger partial charge in [-0.3, -0.25) is 4.79 Å². The van der Waals surface area contributed by atoms with Crippen LogP contribution in [0, 0.1) is 5.82 Å². The lowest BCUT2D eigenvalue weighted by molar-refractivity contribution is 0.386. The Balaban J connectivity index is 2.50. The zero-order chi connectivity index (χ0) is 12.4. The van der Waals surface area contributed by atoms with Gasteiger partial charge in [0, 0.05) is 11.8 Å². The highest BCUT2D eigenvalue weighted by molar-refractivity contribution is 9.10. The van der Waals surface area contributed by atoms with Crippen molar-refractivity contribution in [1.82, 2.24) is 9.97 Å². The van der Waals surface area contributed by atoms with Crippen LogP contribution in [0.5, 0.6) is 5.75 Å². The molecule has 6 heteroatoms. The minimum Gasteiger partial charge on any atom is -0.494 e. The third kappa shape index (κ3) is 2.36. The van der Waals surface area contributed by atoms with Crippen molar-refractivity contribution in [3.05, 3.63) is 45.0 Å².